The Morgan fingerprint density at radius 1 is 1.09 bits per heavy atom. The van der Waals surface area contributed by atoms with Crippen molar-refractivity contribution in [3.8, 4) is 0 Å². The molecule has 11 heavy (non-hydrogen) atoms. The van der Waals surface area contributed by atoms with Crippen LogP contribution < -0.4 is 5.32 Å². The second-order valence-corrected chi connectivity index (χ2v) is 2.85. The molecule has 66 valence electrons. The first kappa shape index (κ1) is 10.5. The lowest BCUT2D eigenvalue weighted by Crippen LogP contribution is -2.05. The number of allylic oxidation sites excluding steroid dienone is 1. The Bertz CT molecular complexity index is 86.9. The van der Waals surface area contributed by atoms with E-state index in [-0.39, 0.29) is 0 Å². The Morgan fingerprint density at radius 3 is 2.55 bits per heavy atom. The van der Waals surface area contributed by atoms with Gasteiger partial charge in [-0.3, -0.25) is 0 Å². The van der Waals surface area contributed by atoms with Crippen LogP contribution in [0.5, 0.6) is 0 Å². The van der Waals surface area contributed by atoms with Crippen LogP contribution in [-0.4, -0.2) is 6.54 Å². The zero-order chi connectivity index (χ0) is 8.36. The van der Waals surface area contributed by atoms with Crippen molar-refractivity contribution in [3.63, 3.8) is 0 Å². The third-order valence-corrected chi connectivity index (χ3v) is 1.62. The molecule has 0 aliphatic heterocycles. The summed E-state index contributed by atoms with van der Waals surface area (Å²) in [5.41, 5.74) is 0. The first-order valence-electron chi connectivity index (χ1n) is 4.80. The molecule has 0 radical (unpaired) electrons. The van der Waals surface area contributed by atoms with Gasteiger partial charge in [-0.15, -0.1) is 0 Å². The van der Waals surface area contributed by atoms with E-state index in [0.717, 1.165) is 6.54 Å². The molecule has 0 saturated heterocycles. The van der Waals surface area contributed by atoms with E-state index in [1.165, 1.54) is 32.1 Å². The van der Waals surface area contributed by atoms with Gasteiger partial charge in [0.2, 0.25) is 0 Å². The van der Waals surface area contributed by atoms with Crippen molar-refractivity contribution in [3.05, 3.63) is 12.3 Å². The summed E-state index contributed by atoms with van der Waals surface area (Å²) in [6.07, 6.45) is 10.7. The molecule has 0 fully saturated rings. The third kappa shape index (κ3) is 9.54. The molecule has 0 aliphatic rings. The van der Waals surface area contributed by atoms with E-state index in [1.54, 1.807) is 0 Å². The molecule has 1 N–H and O–H groups in total. The smallest absolute Gasteiger partial charge is 0.0141 e. The maximum absolute atomic E-state index is 3.27. The molecule has 0 atom stereocenters. The molecule has 0 amide bonds. The Labute approximate surface area is 70.9 Å². The molecular weight excluding hydrogens is 134 g/mol. The van der Waals surface area contributed by atoms with E-state index in [1.807, 2.05) is 0 Å². The van der Waals surface area contributed by atoms with Gasteiger partial charge in [0.05, 0.1) is 0 Å². The van der Waals surface area contributed by atoms with Crippen LogP contribution in [-0.2, 0) is 0 Å². The SMILES string of the molecule is CCCC=CNCCCCC. The lowest BCUT2D eigenvalue weighted by molar-refractivity contribution is 0.682. The summed E-state index contributed by atoms with van der Waals surface area (Å²) >= 11 is 0. The zero-order valence-corrected chi connectivity index (χ0v) is 7.90. The molecule has 0 aromatic heterocycles. The second-order valence-electron chi connectivity index (χ2n) is 2.85. The molecule has 0 aromatic rings. The summed E-state index contributed by atoms with van der Waals surface area (Å²) in [7, 11) is 0. The third-order valence-electron chi connectivity index (χ3n) is 1.62. The van der Waals surface area contributed by atoms with E-state index in [4.69, 9.17) is 0 Å². The monoisotopic (exact) mass is 155 g/mol. The first-order valence-corrected chi connectivity index (χ1v) is 4.80. The lowest BCUT2D eigenvalue weighted by Gasteiger charge is -1.97. The van der Waals surface area contributed by atoms with Crippen molar-refractivity contribution >= 4 is 0 Å². The number of hydrogen-bond acceptors (Lipinski definition) is 1. The topological polar surface area (TPSA) is 12.0 Å². The highest BCUT2D eigenvalue weighted by molar-refractivity contribution is 4.78. The summed E-state index contributed by atoms with van der Waals surface area (Å²) in [6.45, 7) is 5.56. The molecule has 0 aromatic carbocycles. The summed E-state index contributed by atoms with van der Waals surface area (Å²) in [5.74, 6) is 0. The fourth-order valence-electron chi connectivity index (χ4n) is 0.894. The van der Waals surface area contributed by atoms with Gasteiger partial charge in [0.1, 0.15) is 0 Å². The van der Waals surface area contributed by atoms with Gasteiger partial charge < -0.3 is 5.32 Å². The van der Waals surface area contributed by atoms with E-state index >= 15 is 0 Å². The van der Waals surface area contributed by atoms with Gasteiger partial charge in [0.15, 0.2) is 0 Å². The quantitative estimate of drug-likeness (QED) is 0.557. The van der Waals surface area contributed by atoms with Crippen molar-refractivity contribution < 1.29 is 0 Å². The fourth-order valence-corrected chi connectivity index (χ4v) is 0.894. The average molecular weight is 155 g/mol. The fraction of sp³-hybridized carbons (Fsp3) is 0.800. The minimum Gasteiger partial charge on any atom is -0.391 e. The molecule has 0 saturated carbocycles. The molecule has 1 nitrogen and oxygen atoms in total. The van der Waals surface area contributed by atoms with Crippen LogP contribution in [0.1, 0.15) is 46.0 Å². The predicted octanol–water partition coefficient (Wildman–Crippen LogP) is 3.08. The van der Waals surface area contributed by atoms with Crippen molar-refractivity contribution in [2.45, 2.75) is 46.0 Å². The van der Waals surface area contributed by atoms with Crippen molar-refractivity contribution in [2.24, 2.45) is 0 Å². The minimum atomic E-state index is 1.13. The molecule has 0 aliphatic carbocycles. The van der Waals surface area contributed by atoms with Crippen molar-refractivity contribution in [2.75, 3.05) is 6.54 Å². The molecule has 1 heteroatoms. The summed E-state index contributed by atoms with van der Waals surface area (Å²) in [6, 6.07) is 0. The first-order chi connectivity index (χ1) is 5.41. The van der Waals surface area contributed by atoms with Crippen LogP contribution >= 0.6 is 0 Å². The van der Waals surface area contributed by atoms with Crippen LogP contribution in [0.3, 0.4) is 0 Å². The van der Waals surface area contributed by atoms with Crippen molar-refractivity contribution in [1.29, 1.82) is 0 Å². The molecule has 0 spiro atoms. The van der Waals surface area contributed by atoms with Crippen LogP contribution in [0.2, 0.25) is 0 Å². The predicted molar refractivity (Wildman–Crippen MR) is 51.6 cm³/mol. The largest absolute Gasteiger partial charge is 0.391 e. The number of nitrogens with one attached hydrogen (secondary N) is 1. The van der Waals surface area contributed by atoms with Gasteiger partial charge in [-0.1, -0.05) is 39.2 Å². The van der Waals surface area contributed by atoms with Crippen LogP contribution in [0, 0.1) is 0 Å². The Balaban J connectivity index is 2.89. The maximum atomic E-state index is 3.27. The highest BCUT2D eigenvalue weighted by atomic mass is 14.8. The van der Waals surface area contributed by atoms with Gasteiger partial charge in [-0.05, 0) is 19.0 Å². The van der Waals surface area contributed by atoms with E-state index in [9.17, 15) is 0 Å². The average Bonchev–Trinajstić information content (AvgIpc) is 2.03. The van der Waals surface area contributed by atoms with Crippen LogP contribution in [0.4, 0.5) is 0 Å². The highest BCUT2D eigenvalue weighted by Crippen LogP contribution is 1.91. The summed E-state index contributed by atoms with van der Waals surface area (Å²) in [5, 5.41) is 3.27. The molecule has 0 bridgehead atoms. The minimum absolute atomic E-state index is 1.13. The van der Waals surface area contributed by atoms with E-state index in [2.05, 4.69) is 31.4 Å². The molecular formula is C10H21N. The zero-order valence-electron chi connectivity index (χ0n) is 7.90. The maximum Gasteiger partial charge on any atom is 0.0141 e. The Hall–Kier alpha value is -0.460. The standard InChI is InChI=1S/C10H21N/c1-3-5-7-9-11-10-8-6-4-2/h7,9,11H,3-6,8,10H2,1-2H3. The van der Waals surface area contributed by atoms with Crippen LogP contribution in [0.25, 0.3) is 0 Å². The van der Waals surface area contributed by atoms with Crippen LogP contribution in [0.15, 0.2) is 12.3 Å². The van der Waals surface area contributed by atoms with Gasteiger partial charge in [0, 0.05) is 6.54 Å². The lowest BCUT2D eigenvalue weighted by atomic mass is 10.2. The molecule has 0 rings (SSSR count). The second kappa shape index (κ2) is 9.54. The number of unbranched alkanes of at least 4 members (excludes halogenated alkanes) is 3. The van der Waals surface area contributed by atoms with Gasteiger partial charge in [0.25, 0.3) is 0 Å². The van der Waals surface area contributed by atoms with Crippen molar-refractivity contribution in [1.82, 2.24) is 5.32 Å². The van der Waals surface area contributed by atoms with E-state index in [0.29, 0.717) is 0 Å². The Morgan fingerprint density at radius 2 is 1.91 bits per heavy atom. The Kier molecular flexibility index (Phi) is 9.14. The molecule has 0 unspecified atom stereocenters. The van der Waals surface area contributed by atoms with Gasteiger partial charge in [-0.2, -0.15) is 0 Å². The van der Waals surface area contributed by atoms with Gasteiger partial charge >= 0.3 is 0 Å². The van der Waals surface area contributed by atoms with Gasteiger partial charge in [-0.25, -0.2) is 0 Å². The molecule has 0 heterocycles. The number of rotatable bonds is 7. The summed E-state index contributed by atoms with van der Waals surface area (Å²) < 4.78 is 0. The summed E-state index contributed by atoms with van der Waals surface area (Å²) in [4.78, 5) is 0. The van der Waals surface area contributed by atoms with E-state index < -0.39 is 0 Å². The normalized spacial score (nSPS) is 10.7. The number of hydrogen-bond donors (Lipinski definition) is 1. The highest BCUT2D eigenvalue weighted by Gasteiger charge is 1.81.